The van der Waals surface area contributed by atoms with Crippen LogP contribution in [-0.2, 0) is 0 Å². The molecule has 2 N–H and O–H groups in total. The zero-order valence-corrected chi connectivity index (χ0v) is 19.0. The zero-order chi connectivity index (χ0) is 20.1. The maximum absolute atomic E-state index is 10.2. The van der Waals surface area contributed by atoms with Crippen molar-refractivity contribution in [3.05, 3.63) is 11.6 Å². The molecule has 4 rings (SSSR count). The van der Waals surface area contributed by atoms with Gasteiger partial charge in [-0.2, -0.15) is 0 Å². The van der Waals surface area contributed by atoms with Gasteiger partial charge >= 0.3 is 0 Å². The molecule has 0 unspecified atom stereocenters. The number of aliphatic hydroxyl groups excluding tert-OH is 1. The number of nitrogens with one attached hydrogen (secondary N) is 1. The number of hydrogen-bond donors (Lipinski definition) is 2. The maximum Gasteiger partial charge on any atom is 0.0577 e. The van der Waals surface area contributed by atoms with Gasteiger partial charge in [-0.15, -0.1) is 0 Å². The molecule has 28 heavy (non-hydrogen) atoms. The molecule has 0 heterocycles. The normalized spacial score (nSPS) is 46.5. The van der Waals surface area contributed by atoms with Crippen LogP contribution in [0.15, 0.2) is 11.6 Å². The highest BCUT2D eigenvalue weighted by molar-refractivity contribution is 5.25. The van der Waals surface area contributed by atoms with Gasteiger partial charge in [0.05, 0.1) is 6.10 Å². The van der Waals surface area contributed by atoms with Crippen LogP contribution >= 0.6 is 0 Å². The third-order valence-corrected chi connectivity index (χ3v) is 9.78. The van der Waals surface area contributed by atoms with Gasteiger partial charge in [0.25, 0.3) is 0 Å². The minimum Gasteiger partial charge on any atom is -0.393 e. The van der Waals surface area contributed by atoms with Crippen molar-refractivity contribution in [2.24, 2.45) is 34.5 Å². The molecule has 0 bridgehead atoms. The minimum atomic E-state index is -0.0883. The first-order valence-electron chi connectivity index (χ1n) is 12.0. The lowest BCUT2D eigenvalue weighted by molar-refractivity contribution is -0.0535. The van der Waals surface area contributed by atoms with E-state index in [4.69, 9.17) is 0 Å². The van der Waals surface area contributed by atoms with E-state index < -0.39 is 0 Å². The maximum atomic E-state index is 10.2. The van der Waals surface area contributed by atoms with E-state index in [9.17, 15) is 5.11 Å². The molecule has 0 aromatic rings. The minimum absolute atomic E-state index is 0.0883. The summed E-state index contributed by atoms with van der Waals surface area (Å²) in [5.74, 6) is 3.46. The first kappa shape index (κ1) is 20.9. The number of allylic oxidation sites excluding steroid dienone is 1. The largest absolute Gasteiger partial charge is 0.393 e. The molecule has 4 aliphatic rings. The number of aliphatic hydroxyl groups is 1. The first-order chi connectivity index (χ1) is 13.3. The quantitative estimate of drug-likeness (QED) is 0.682. The Bertz CT molecular complexity index is 601. The Balaban J connectivity index is 1.49. The highest BCUT2D eigenvalue weighted by Gasteiger charge is 2.59. The van der Waals surface area contributed by atoms with Gasteiger partial charge < -0.3 is 15.3 Å². The van der Waals surface area contributed by atoms with Crippen LogP contribution in [0.25, 0.3) is 0 Å². The van der Waals surface area contributed by atoms with E-state index in [-0.39, 0.29) is 6.10 Å². The lowest BCUT2D eigenvalue weighted by atomic mass is 9.47. The van der Waals surface area contributed by atoms with Crippen molar-refractivity contribution < 1.29 is 5.11 Å². The number of hydrogen-bond acceptors (Lipinski definition) is 3. The molecule has 0 aromatic carbocycles. The van der Waals surface area contributed by atoms with Gasteiger partial charge in [0, 0.05) is 19.1 Å². The summed E-state index contributed by atoms with van der Waals surface area (Å²) >= 11 is 0. The fourth-order valence-corrected chi connectivity index (χ4v) is 8.16. The van der Waals surface area contributed by atoms with Gasteiger partial charge in [-0.05, 0) is 107 Å². The second-order valence-corrected chi connectivity index (χ2v) is 11.4. The molecule has 3 fully saturated rings. The van der Waals surface area contributed by atoms with Crippen LogP contribution in [0.2, 0.25) is 0 Å². The summed E-state index contributed by atoms with van der Waals surface area (Å²) < 4.78 is 0. The fraction of sp³-hybridized carbons (Fsp3) is 0.920. The Labute approximate surface area is 173 Å². The van der Waals surface area contributed by atoms with Gasteiger partial charge in [0.1, 0.15) is 0 Å². The van der Waals surface area contributed by atoms with Crippen molar-refractivity contribution >= 4 is 0 Å². The lowest BCUT2D eigenvalue weighted by Crippen LogP contribution is -2.52. The Morgan fingerprint density at radius 1 is 1.14 bits per heavy atom. The molecular formula is C25H44N2O. The van der Waals surface area contributed by atoms with Crippen molar-refractivity contribution in [1.82, 2.24) is 10.2 Å². The SMILES string of the molecule is C[C@H](NCCN(C)C)[C@H]1CC[C@H]2[C@@H]3CC=C4C[C@@H](O)CC[C@]4(C)[C@H]3CC[C@]12C. The first-order valence-corrected chi connectivity index (χ1v) is 12.0. The van der Waals surface area contributed by atoms with E-state index in [0.29, 0.717) is 16.9 Å². The van der Waals surface area contributed by atoms with Crippen LogP contribution < -0.4 is 5.32 Å². The molecule has 160 valence electrons. The Kier molecular flexibility index (Phi) is 5.74. The van der Waals surface area contributed by atoms with E-state index in [1.165, 1.54) is 38.5 Å². The van der Waals surface area contributed by atoms with E-state index >= 15 is 0 Å². The predicted molar refractivity (Wildman–Crippen MR) is 117 cm³/mol. The standard InChI is InChI=1S/C25H44N2O/c1-17(26-14-15-27(4)5)21-8-9-22-20-7-6-18-16-19(28)10-12-24(18,2)23(20)11-13-25(21,22)3/h6,17,19-23,26,28H,7-16H2,1-5H3/t17-,19-,20-,21+,22-,23-,24-,25+/m0/s1. The summed E-state index contributed by atoms with van der Waals surface area (Å²) in [5, 5.41) is 14.1. The molecule has 4 aliphatic carbocycles. The second-order valence-electron chi connectivity index (χ2n) is 11.4. The van der Waals surface area contributed by atoms with Crippen LogP contribution in [0.3, 0.4) is 0 Å². The second kappa shape index (κ2) is 7.71. The predicted octanol–water partition coefficient (Wildman–Crippen LogP) is 4.47. The number of rotatable bonds is 5. The van der Waals surface area contributed by atoms with Gasteiger partial charge in [-0.25, -0.2) is 0 Å². The summed E-state index contributed by atoms with van der Waals surface area (Å²) in [7, 11) is 4.33. The average Bonchev–Trinajstić information content (AvgIpc) is 2.99. The number of fused-ring (bicyclic) bond motifs is 5. The van der Waals surface area contributed by atoms with Crippen LogP contribution in [0, 0.1) is 34.5 Å². The van der Waals surface area contributed by atoms with E-state index in [1.807, 2.05) is 0 Å². The van der Waals surface area contributed by atoms with E-state index in [0.717, 1.165) is 49.6 Å². The Morgan fingerprint density at radius 2 is 1.93 bits per heavy atom. The number of likely N-dealkylation sites (N-methyl/N-ethyl adjacent to an activating group) is 1. The molecule has 3 nitrogen and oxygen atoms in total. The van der Waals surface area contributed by atoms with Gasteiger partial charge in [-0.3, -0.25) is 0 Å². The molecule has 0 saturated heterocycles. The molecule has 0 aromatic heterocycles. The smallest absolute Gasteiger partial charge is 0.0577 e. The van der Waals surface area contributed by atoms with Crippen LogP contribution in [-0.4, -0.2) is 49.3 Å². The summed E-state index contributed by atoms with van der Waals surface area (Å²) in [5.41, 5.74) is 2.49. The van der Waals surface area contributed by atoms with Crippen molar-refractivity contribution in [1.29, 1.82) is 0 Å². The van der Waals surface area contributed by atoms with Gasteiger partial charge in [0.2, 0.25) is 0 Å². The van der Waals surface area contributed by atoms with E-state index in [2.05, 4.69) is 51.2 Å². The summed E-state index contributed by atoms with van der Waals surface area (Å²) in [6.07, 6.45) is 12.6. The van der Waals surface area contributed by atoms with Crippen LogP contribution in [0.4, 0.5) is 0 Å². The van der Waals surface area contributed by atoms with Crippen molar-refractivity contribution in [2.45, 2.75) is 84.3 Å². The summed E-state index contributed by atoms with van der Waals surface area (Å²) in [6.45, 7) is 9.86. The third kappa shape index (κ3) is 3.40. The van der Waals surface area contributed by atoms with E-state index in [1.54, 1.807) is 5.57 Å². The molecule has 0 spiro atoms. The van der Waals surface area contributed by atoms with Crippen molar-refractivity contribution in [3.8, 4) is 0 Å². The topological polar surface area (TPSA) is 35.5 Å². The third-order valence-electron chi connectivity index (χ3n) is 9.78. The Morgan fingerprint density at radius 3 is 2.68 bits per heavy atom. The van der Waals surface area contributed by atoms with Crippen molar-refractivity contribution in [3.63, 3.8) is 0 Å². The molecule has 0 radical (unpaired) electrons. The van der Waals surface area contributed by atoms with Crippen LogP contribution in [0.5, 0.6) is 0 Å². The Hall–Kier alpha value is -0.380. The van der Waals surface area contributed by atoms with Gasteiger partial charge in [-0.1, -0.05) is 25.5 Å². The lowest BCUT2D eigenvalue weighted by Gasteiger charge is -2.58. The van der Waals surface area contributed by atoms with Crippen molar-refractivity contribution in [2.75, 3.05) is 27.2 Å². The monoisotopic (exact) mass is 388 g/mol. The summed E-state index contributed by atoms with van der Waals surface area (Å²) in [6, 6.07) is 0.626. The summed E-state index contributed by atoms with van der Waals surface area (Å²) in [4.78, 5) is 2.28. The molecular weight excluding hydrogens is 344 g/mol. The molecule has 8 atom stereocenters. The van der Waals surface area contributed by atoms with Gasteiger partial charge in [0.15, 0.2) is 0 Å². The fourth-order valence-electron chi connectivity index (χ4n) is 8.16. The number of nitrogens with zero attached hydrogens (tertiary/aromatic N) is 1. The molecule has 3 heteroatoms. The highest BCUT2D eigenvalue weighted by atomic mass is 16.3. The molecule has 0 amide bonds. The van der Waals surface area contributed by atoms with Crippen LogP contribution in [0.1, 0.15) is 72.1 Å². The molecule has 0 aliphatic heterocycles. The average molecular weight is 389 g/mol. The highest BCUT2D eigenvalue weighted by Crippen LogP contribution is 2.66. The molecule has 3 saturated carbocycles. The zero-order valence-electron chi connectivity index (χ0n) is 19.0.